The average molecular weight is 367 g/mol. The van der Waals surface area contributed by atoms with Crippen LogP contribution in [-0.4, -0.2) is 26.3 Å². The van der Waals surface area contributed by atoms with Crippen molar-refractivity contribution in [2.75, 3.05) is 5.75 Å². The quantitative estimate of drug-likeness (QED) is 0.751. The Bertz CT molecular complexity index is 765. The fraction of sp³-hybridized carbons (Fsp3) is 0.438. The number of nitrogens with zero attached hydrogens (tertiary/aromatic N) is 4. The number of fused-ring (bicyclic) bond motifs is 1. The third kappa shape index (κ3) is 3.02. The number of rotatable bonds is 2. The Kier molecular flexibility index (Phi) is 4.35. The summed E-state index contributed by atoms with van der Waals surface area (Å²) >= 11 is 14.0. The van der Waals surface area contributed by atoms with E-state index in [4.69, 9.17) is 28.3 Å². The van der Waals surface area contributed by atoms with E-state index in [-0.39, 0.29) is 0 Å². The zero-order valence-electron chi connectivity index (χ0n) is 12.5. The predicted octanol–water partition coefficient (Wildman–Crippen LogP) is 4.99. The van der Waals surface area contributed by atoms with Gasteiger partial charge in [-0.15, -0.1) is 10.2 Å². The molecule has 0 spiro atoms. The van der Waals surface area contributed by atoms with Crippen LogP contribution in [0.15, 0.2) is 28.5 Å². The van der Waals surface area contributed by atoms with Gasteiger partial charge in [0.1, 0.15) is 0 Å². The van der Waals surface area contributed by atoms with E-state index in [2.05, 4.69) is 10.2 Å². The number of halogens is 2. The van der Waals surface area contributed by atoms with Gasteiger partial charge >= 0.3 is 0 Å². The smallest absolute Gasteiger partial charge is 0.191 e. The highest BCUT2D eigenvalue weighted by Crippen LogP contribution is 2.35. The molecule has 2 aliphatic rings. The summed E-state index contributed by atoms with van der Waals surface area (Å²) in [5, 5.41) is 15.7. The zero-order chi connectivity index (χ0) is 15.8. The van der Waals surface area contributed by atoms with Gasteiger partial charge in [-0.05, 0) is 25.0 Å². The Labute approximate surface area is 149 Å². The molecule has 120 valence electrons. The standard InChI is InChI=1S/C16H16Cl2N4S/c17-11-6-7-12(13(18)8-11)14-9-23-16-20-19-15(22(16)21-14)10-4-2-1-3-5-10/h6-8,10H,1-5,9H2. The summed E-state index contributed by atoms with van der Waals surface area (Å²) in [6.07, 6.45) is 6.20. The molecular weight excluding hydrogens is 351 g/mol. The minimum atomic E-state index is 0.467. The summed E-state index contributed by atoms with van der Waals surface area (Å²) in [4.78, 5) is 0. The molecule has 4 nitrogen and oxygen atoms in total. The summed E-state index contributed by atoms with van der Waals surface area (Å²) in [5.74, 6) is 2.20. The second-order valence-electron chi connectivity index (χ2n) is 5.95. The first-order chi connectivity index (χ1) is 11.2. The lowest BCUT2D eigenvalue weighted by Crippen LogP contribution is -2.17. The Balaban J connectivity index is 1.72. The molecule has 0 N–H and O–H groups in total. The molecule has 0 atom stereocenters. The van der Waals surface area contributed by atoms with Gasteiger partial charge in [-0.3, -0.25) is 0 Å². The van der Waals surface area contributed by atoms with Gasteiger partial charge in [0, 0.05) is 22.3 Å². The maximum Gasteiger partial charge on any atom is 0.212 e. The summed E-state index contributed by atoms with van der Waals surface area (Å²) in [6, 6.07) is 5.54. The highest BCUT2D eigenvalue weighted by atomic mass is 35.5. The molecule has 23 heavy (non-hydrogen) atoms. The van der Waals surface area contributed by atoms with Crippen molar-refractivity contribution in [2.24, 2.45) is 5.10 Å². The normalized spacial score (nSPS) is 18.6. The van der Waals surface area contributed by atoms with E-state index < -0.39 is 0 Å². The van der Waals surface area contributed by atoms with Crippen LogP contribution in [0.3, 0.4) is 0 Å². The topological polar surface area (TPSA) is 43.1 Å². The van der Waals surface area contributed by atoms with Crippen LogP contribution in [0.4, 0.5) is 0 Å². The fourth-order valence-corrected chi connectivity index (χ4v) is 4.57. The van der Waals surface area contributed by atoms with Crippen molar-refractivity contribution in [3.63, 3.8) is 0 Å². The van der Waals surface area contributed by atoms with Crippen LogP contribution in [0, 0.1) is 0 Å². The van der Waals surface area contributed by atoms with Crippen LogP contribution in [0.25, 0.3) is 0 Å². The molecule has 1 saturated carbocycles. The van der Waals surface area contributed by atoms with Crippen molar-refractivity contribution >= 4 is 40.7 Å². The number of aromatic nitrogens is 3. The molecule has 0 amide bonds. The van der Waals surface area contributed by atoms with Crippen molar-refractivity contribution in [2.45, 2.75) is 43.2 Å². The molecule has 1 aromatic carbocycles. The van der Waals surface area contributed by atoms with Gasteiger partial charge in [-0.25, -0.2) is 0 Å². The van der Waals surface area contributed by atoms with Crippen LogP contribution in [0.2, 0.25) is 10.0 Å². The molecule has 1 aliphatic carbocycles. The maximum atomic E-state index is 6.34. The summed E-state index contributed by atoms with van der Waals surface area (Å²) in [6.45, 7) is 0. The highest BCUT2D eigenvalue weighted by Gasteiger charge is 2.26. The molecular formula is C16H16Cl2N4S. The molecule has 0 saturated heterocycles. The first-order valence-corrected chi connectivity index (χ1v) is 9.58. The average Bonchev–Trinajstić information content (AvgIpc) is 2.99. The summed E-state index contributed by atoms with van der Waals surface area (Å²) in [5.41, 5.74) is 1.87. The zero-order valence-corrected chi connectivity index (χ0v) is 14.8. The van der Waals surface area contributed by atoms with Crippen LogP contribution < -0.4 is 0 Å². The van der Waals surface area contributed by atoms with Crippen molar-refractivity contribution in [3.05, 3.63) is 39.6 Å². The SMILES string of the molecule is Clc1ccc(C2=Nn3c(nnc3C3CCCCC3)SC2)c(Cl)c1. The van der Waals surface area contributed by atoms with Crippen LogP contribution in [0.1, 0.15) is 49.4 Å². The highest BCUT2D eigenvalue weighted by molar-refractivity contribution is 7.99. The maximum absolute atomic E-state index is 6.34. The number of benzene rings is 1. The molecule has 2 aromatic rings. The molecule has 0 unspecified atom stereocenters. The molecule has 0 bridgehead atoms. The van der Waals surface area contributed by atoms with E-state index in [9.17, 15) is 0 Å². The van der Waals surface area contributed by atoms with Gasteiger partial charge in [-0.1, -0.05) is 60.3 Å². The Morgan fingerprint density at radius 1 is 1.09 bits per heavy atom. The first kappa shape index (κ1) is 15.5. The number of hydrogen-bond donors (Lipinski definition) is 0. The third-order valence-corrected chi connectivity index (χ3v) is 5.89. The Morgan fingerprint density at radius 3 is 2.70 bits per heavy atom. The van der Waals surface area contributed by atoms with Gasteiger partial charge in [-0.2, -0.15) is 9.78 Å². The van der Waals surface area contributed by atoms with Crippen molar-refractivity contribution < 1.29 is 0 Å². The first-order valence-electron chi connectivity index (χ1n) is 7.84. The minimum absolute atomic E-state index is 0.467. The summed E-state index contributed by atoms with van der Waals surface area (Å²) < 4.78 is 1.92. The second kappa shape index (κ2) is 6.46. The molecule has 1 aromatic heterocycles. The molecule has 1 aliphatic heterocycles. The lowest BCUT2D eigenvalue weighted by Gasteiger charge is -2.22. The van der Waals surface area contributed by atoms with Crippen molar-refractivity contribution in [1.82, 2.24) is 14.9 Å². The number of hydrogen-bond acceptors (Lipinski definition) is 4. The van der Waals surface area contributed by atoms with Gasteiger partial charge in [0.05, 0.1) is 10.7 Å². The van der Waals surface area contributed by atoms with Gasteiger partial charge in [0.15, 0.2) is 5.82 Å². The second-order valence-corrected chi connectivity index (χ2v) is 7.73. The predicted molar refractivity (Wildman–Crippen MR) is 95.0 cm³/mol. The van der Waals surface area contributed by atoms with Crippen LogP contribution in [0.5, 0.6) is 0 Å². The lowest BCUT2D eigenvalue weighted by molar-refractivity contribution is 0.417. The lowest BCUT2D eigenvalue weighted by atomic mass is 9.89. The molecule has 1 fully saturated rings. The Hall–Kier alpha value is -1.04. The Morgan fingerprint density at radius 2 is 1.91 bits per heavy atom. The van der Waals surface area contributed by atoms with E-state index >= 15 is 0 Å². The molecule has 4 rings (SSSR count). The molecule has 2 heterocycles. The third-order valence-electron chi connectivity index (χ3n) is 4.41. The monoisotopic (exact) mass is 366 g/mol. The van der Waals surface area contributed by atoms with Crippen molar-refractivity contribution in [1.29, 1.82) is 0 Å². The number of thioether (sulfide) groups is 1. The minimum Gasteiger partial charge on any atom is -0.191 e. The van der Waals surface area contributed by atoms with E-state index in [0.717, 1.165) is 28.0 Å². The molecule has 0 radical (unpaired) electrons. The van der Waals surface area contributed by atoms with Crippen molar-refractivity contribution in [3.8, 4) is 0 Å². The van der Waals surface area contributed by atoms with E-state index in [1.54, 1.807) is 17.8 Å². The molecule has 7 heteroatoms. The van der Waals surface area contributed by atoms with Gasteiger partial charge in [0.25, 0.3) is 0 Å². The summed E-state index contributed by atoms with van der Waals surface area (Å²) in [7, 11) is 0. The fourth-order valence-electron chi connectivity index (χ4n) is 3.21. The van der Waals surface area contributed by atoms with E-state index in [0.29, 0.717) is 16.0 Å². The van der Waals surface area contributed by atoms with E-state index in [1.165, 1.54) is 32.1 Å². The van der Waals surface area contributed by atoms with Gasteiger partial charge < -0.3 is 0 Å². The van der Waals surface area contributed by atoms with Crippen LogP contribution in [-0.2, 0) is 0 Å². The largest absolute Gasteiger partial charge is 0.212 e. The van der Waals surface area contributed by atoms with Crippen LogP contribution >= 0.6 is 35.0 Å². The van der Waals surface area contributed by atoms with E-state index in [1.807, 2.05) is 16.8 Å². The van der Waals surface area contributed by atoms with Gasteiger partial charge in [0.2, 0.25) is 5.16 Å².